The molecule has 0 spiro atoms. The van der Waals surface area contributed by atoms with Crippen LogP contribution in [0.1, 0.15) is 136 Å². The van der Waals surface area contributed by atoms with E-state index in [1.165, 1.54) is 57.8 Å². The molecule has 7 unspecified atom stereocenters. The van der Waals surface area contributed by atoms with Gasteiger partial charge >= 0.3 is 10.4 Å². The molecule has 12 nitrogen and oxygen atoms in total. The zero-order valence-corrected chi connectivity index (χ0v) is 29.0. The first-order chi connectivity index (χ1) is 22.0. The highest BCUT2D eigenvalue weighted by Gasteiger charge is 2.48. The monoisotopic (exact) mass is 681 g/mol. The van der Waals surface area contributed by atoms with Gasteiger partial charge in [0.05, 0.1) is 25.4 Å². The molecule has 1 rings (SSSR count). The van der Waals surface area contributed by atoms with Crippen LogP contribution >= 0.6 is 0 Å². The molecule has 13 heteroatoms. The van der Waals surface area contributed by atoms with E-state index in [-0.39, 0.29) is 18.9 Å². The molecule has 46 heavy (non-hydrogen) atoms. The summed E-state index contributed by atoms with van der Waals surface area (Å²) in [5.74, 6) is -0.270. The molecule has 7 atom stereocenters. The van der Waals surface area contributed by atoms with E-state index in [0.29, 0.717) is 12.8 Å². The number of hydrogen-bond acceptors (Lipinski definition) is 10. The quantitative estimate of drug-likeness (QED) is 0.0388. The van der Waals surface area contributed by atoms with Crippen molar-refractivity contribution in [3.8, 4) is 0 Å². The van der Waals surface area contributed by atoms with Crippen LogP contribution in [0.2, 0.25) is 0 Å². The van der Waals surface area contributed by atoms with E-state index in [9.17, 15) is 33.6 Å². The molecule has 1 fully saturated rings. The number of aliphatic hydroxyl groups is 4. The van der Waals surface area contributed by atoms with Gasteiger partial charge < -0.3 is 35.2 Å². The molecule has 1 heterocycles. The maximum atomic E-state index is 12.8. The second-order valence-electron chi connectivity index (χ2n) is 12.5. The van der Waals surface area contributed by atoms with Crippen LogP contribution in [0, 0.1) is 0 Å². The van der Waals surface area contributed by atoms with Gasteiger partial charge in [-0.3, -0.25) is 9.35 Å². The summed E-state index contributed by atoms with van der Waals surface area (Å²) in [7, 11) is -5.06. The number of rotatable bonds is 28. The van der Waals surface area contributed by atoms with E-state index in [2.05, 4.69) is 35.5 Å². The molecular weight excluding hydrogens is 618 g/mol. The van der Waals surface area contributed by atoms with E-state index in [0.717, 1.165) is 44.9 Å². The van der Waals surface area contributed by atoms with Crippen molar-refractivity contribution in [3.05, 3.63) is 12.2 Å². The predicted molar refractivity (Wildman–Crippen MR) is 176 cm³/mol. The summed E-state index contributed by atoms with van der Waals surface area (Å²) >= 11 is 0. The standard InChI is InChI=1S/C33H63NO11S/c1-3-5-7-9-11-13-15-16-18-20-22-27(36)26(34-29(37)23-21-19-17-14-12-10-8-6-4-2)25-43-33-31(39)32(45-46(40,41)42)30(38)28(24-35)44-33/h14,17,26-28,30-33,35-36,38-39H,3-13,15-16,18-25H2,1-2H3,(H,34,37)(H,40,41,42)/b17-14-. The Labute approximate surface area is 277 Å². The maximum absolute atomic E-state index is 12.8. The number of aliphatic hydroxyl groups excluding tert-OH is 4. The molecule has 0 aromatic heterocycles. The highest BCUT2D eigenvalue weighted by Crippen LogP contribution is 2.26. The molecule has 272 valence electrons. The van der Waals surface area contributed by atoms with Gasteiger partial charge in [-0.15, -0.1) is 0 Å². The van der Waals surface area contributed by atoms with E-state index in [4.69, 9.17) is 14.0 Å². The van der Waals surface area contributed by atoms with E-state index < -0.39 is 59.9 Å². The summed E-state index contributed by atoms with van der Waals surface area (Å²) in [5, 5.41) is 44.3. The molecule has 0 aromatic rings. The maximum Gasteiger partial charge on any atom is 0.397 e. The largest absolute Gasteiger partial charge is 0.397 e. The van der Waals surface area contributed by atoms with Crippen LogP contribution in [0.4, 0.5) is 0 Å². The van der Waals surface area contributed by atoms with Gasteiger partial charge in [0.1, 0.15) is 24.4 Å². The third-order valence-electron chi connectivity index (χ3n) is 8.32. The lowest BCUT2D eigenvalue weighted by atomic mass is 9.99. The minimum Gasteiger partial charge on any atom is -0.394 e. The van der Waals surface area contributed by atoms with E-state index in [1.54, 1.807) is 0 Å². The van der Waals surface area contributed by atoms with Gasteiger partial charge in [0.25, 0.3) is 0 Å². The summed E-state index contributed by atoms with van der Waals surface area (Å²) in [6.07, 6.45) is 14.0. The molecular formula is C33H63NO11S. The van der Waals surface area contributed by atoms with Gasteiger partial charge in [-0.2, -0.15) is 8.42 Å². The molecule has 0 saturated carbocycles. The van der Waals surface area contributed by atoms with E-state index >= 15 is 0 Å². The highest BCUT2D eigenvalue weighted by molar-refractivity contribution is 7.80. The Morgan fingerprint density at radius 3 is 1.96 bits per heavy atom. The molecule has 6 N–H and O–H groups in total. The summed E-state index contributed by atoms with van der Waals surface area (Å²) in [6.45, 7) is 3.32. The first kappa shape index (κ1) is 42.9. The molecule has 0 radical (unpaired) electrons. The number of carbonyl (C=O) groups is 1. The van der Waals surface area contributed by atoms with Crippen LogP contribution in [0.3, 0.4) is 0 Å². The number of ether oxygens (including phenoxy) is 2. The Hall–Kier alpha value is -1.16. The second kappa shape index (κ2) is 25.8. The van der Waals surface area contributed by atoms with Crippen molar-refractivity contribution in [2.75, 3.05) is 13.2 Å². The normalized spacial score (nSPS) is 23.5. The van der Waals surface area contributed by atoms with Crippen molar-refractivity contribution in [1.29, 1.82) is 0 Å². The number of unbranched alkanes of at least 4 members (excludes halogenated alkanes) is 14. The van der Waals surface area contributed by atoms with Crippen LogP contribution in [0.15, 0.2) is 12.2 Å². The van der Waals surface area contributed by atoms with Crippen LogP contribution in [0.5, 0.6) is 0 Å². The van der Waals surface area contributed by atoms with Gasteiger partial charge in [-0.1, -0.05) is 109 Å². The predicted octanol–water partition coefficient (Wildman–Crippen LogP) is 4.48. The Balaban J connectivity index is 2.70. The summed E-state index contributed by atoms with van der Waals surface area (Å²) in [6, 6.07) is -0.864. The summed E-state index contributed by atoms with van der Waals surface area (Å²) in [5.41, 5.74) is 0. The van der Waals surface area contributed by atoms with Gasteiger partial charge in [0.2, 0.25) is 5.91 Å². The fourth-order valence-electron chi connectivity index (χ4n) is 5.52. The number of nitrogens with one attached hydrogen (secondary N) is 1. The Morgan fingerprint density at radius 1 is 0.848 bits per heavy atom. The average molecular weight is 682 g/mol. The van der Waals surface area contributed by atoms with Gasteiger partial charge in [-0.25, -0.2) is 4.18 Å². The third kappa shape index (κ3) is 19.6. The molecule has 1 saturated heterocycles. The number of allylic oxidation sites excluding steroid dienone is 2. The molecule has 1 amide bonds. The lowest BCUT2D eigenvalue weighted by molar-refractivity contribution is -0.298. The summed E-state index contributed by atoms with van der Waals surface area (Å²) in [4.78, 5) is 12.8. The molecule has 0 aliphatic carbocycles. The fourth-order valence-corrected chi connectivity index (χ4v) is 6.03. The van der Waals surface area contributed by atoms with Crippen molar-refractivity contribution in [1.82, 2.24) is 5.32 Å². The zero-order chi connectivity index (χ0) is 34.2. The van der Waals surface area contributed by atoms with E-state index in [1.807, 2.05) is 0 Å². The lowest BCUT2D eigenvalue weighted by Crippen LogP contribution is -2.61. The van der Waals surface area contributed by atoms with Crippen molar-refractivity contribution in [2.24, 2.45) is 0 Å². The average Bonchev–Trinajstić information content (AvgIpc) is 3.01. The minimum absolute atomic E-state index is 0.243. The Kier molecular flexibility index (Phi) is 24.0. The van der Waals surface area contributed by atoms with Crippen LogP contribution in [0.25, 0.3) is 0 Å². The summed E-state index contributed by atoms with van der Waals surface area (Å²) < 4.78 is 47.2. The molecule has 0 aromatic carbocycles. The number of hydrogen-bond donors (Lipinski definition) is 6. The number of amides is 1. The van der Waals surface area contributed by atoms with Crippen molar-refractivity contribution >= 4 is 16.3 Å². The van der Waals surface area contributed by atoms with Crippen molar-refractivity contribution in [3.63, 3.8) is 0 Å². The van der Waals surface area contributed by atoms with Crippen LogP contribution in [-0.4, -0.2) is 95.4 Å². The first-order valence-electron chi connectivity index (χ1n) is 17.6. The minimum atomic E-state index is -5.06. The first-order valence-corrected chi connectivity index (χ1v) is 18.9. The second-order valence-corrected chi connectivity index (χ2v) is 13.5. The van der Waals surface area contributed by atoms with Crippen molar-refractivity contribution < 1.29 is 51.8 Å². The Morgan fingerprint density at radius 2 is 1.39 bits per heavy atom. The number of carbonyl (C=O) groups excluding carboxylic acids is 1. The van der Waals surface area contributed by atoms with Crippen LogP contribution in [-0.2, 0) is 28.9 Å². The molecule has 1 aliphatic heterocycles. The smallest absolute Gasteiger partial charge is 0.394 e. The van der Waals surface area contributed by atoms with Gasteiger partial charge in [-0.05, 0) is 32.1 Å². The zero-order valence-electron chi connectivity index (χ0n) is 28.1. The van der Waals surface area contributed by atoms with Crippen molar-refractivity contribution in [2.45, 2.75) is 179 Å². The molecule has 0 bridgehead atoms. The van der Waals surface area contributed by atoms with Crippen LogP contribution < -0.4 is 5.32 Å². The lowest BCUT2D eigenvalue weighted by Gasteiger charge is -2.41. The van der Waals surface area contributed by atoms with Gasteiger partial charge in [0, 0.05) is 6.42 Å². The Bertz CT molecular complexity index is 904. The topological polar surface area (TPSA) is 192 Å². The highest BCUT2D eigenvalue weighted by atomic mass is 32.3. The molecule has 1 aliphatic rings. The fraction of sp³-hybridized carbons (Fsp3) is 0.909. The van der Waals surface area contributed by atoms with Gasteiger partial charge in [0.15, 0.2) is 6.29 Å². The SMILES string of the molecule is CCCCCC/C=C\CCCC(=O)NC(COC1OC(CO)C(O)C(OS(=O)(=O)O)C1O)C(O)CCCCCCCCCCCC. The third-order valence-corrected chi connectivity index (χ3v) is 8.79.